The summed E-state index contributed by atoms with van der Waals surface area (Å²) in [6.07, 6.45) is 2.70. The Morgan fingerprint density at radius 2 is 1.23 bits per heavy atom. The number of hydrogen-bond acceptors (Lipinski definition) is 1. The van der Waals surface area contributed by atoms with Gasteiger partial charge in [0.2, 0.25) is 0 Å². The van der Waals surface area contributed by atoms with Crippen LogP contribution in [0.2, 0.25) is 0 Å². The Morgan fingerprint density at radius 3 is 1.81 bits per heavy atom. The molecular weight excluding hydrogens is 402 g/mol. The zero-order chi connectivity index (χ0) is 22.4. The molecule has 0 aliphatic heterocycles. The number of nitriles is 1. The lowest BCUT2D eigenvalue weighted by molar-refractivity contribution is 0.550. The van der Waals surface area contributed by atoms with Crippen LogP contribution in [0.4, 0.5) is 17.6 Å². The summed E-state index contributed by atoms with van der Waals surface area (Å²) in [5.74, 6) is -2.10. The van der Waals surface area contributed by atoms with E-state index in [2.05, 4.69) is 0 Å². The predicted molar refractivity (Wildman–Crippen MR) is 113 cm³/mol. The van der Waals surface area contributed by atoms with Crippen molar-refractivity contribution in [2.75, 3.05) is 0 Å². The summed E-state index contributed by atoms with van der Waals surface area (Å²) in [6.45, 7) is 1.95. The van der Waals surface area contributed by atoms with Crippen molar-refractivity contribution in [1.29, 1.82) is 5.26 Å². The highest BCUT2D eigenvalue weighted by Crippen LogP contribution is 2.21. The van der Waals surface area contributed by atoms with E-state index in [0.717, 1.165) is 6.42 Å². The van der Waals surface area contributed by atoms with E-state index in [1.807, 2.05) is 6.92 Å². The van der Waals surface area contributed by atoms with E-state index in [9.17, 15) is 17.6 Å². The van der Waals surface area contributed by atoms with Gasteiger partial charge < -0.3 is 0 Å². The van der Waals surface area contributed by atoms with E-state index in [0.29, 0.717) is 47.9 Å². The molecule has 0 fully saturated rings. The molecule has 5 heteroatoms. The first-order chi connectivity index (χ1) is 14.9. The van der Waals surface area contributed by atoms with Crippen LogP contribution in [-0.4, -0.2) is 0 Å². The molecule has 0 saturated carbocycles. The zero-order valence-corrected chi connectivity index (χ0v) is 17.3. The second-order valence-corrected chi connectivity index (χ2v) is 7.64. The van der Waals surface area contributed by atoms with Gasteiger partial charge in [-0.2, -0.15) is 5.26 Å². The van der Waals surface area contributed by atoms with Gasteiger partial charge in [-0.1, -0.05) is 31.5 Å². The average Bonchev–Trinajstić information content (AvgIpc) is 2.73. The topological polar surface area (TPSA) is 23.8 Å². The van der Waals surface area contributed by atoms with Crippen LogP contribution in [0.1, 0.15) is 46.7 Å². The van der Waals surface area contributed by atoms with Crippen molar-refractivity contribution in [2.45, 2.75) is 45.4 Å². The molecule has 0 amide bonds. The first kappa shape index (κ1) is 22.6. The molecule has 3 rings (SSSR count). The summed E-state index contributed by atoms with van der Waals surface area (Å²) >= 11 is 0. The molecule has 0 saturated heterocycles. The van der Waals surface area contributed by atoms with Gasteiger partial charge >= 0.3 is 0 Å². The number of aryl methyl sites for hydroxylation is 4. The fourth-order valence-corrected chi connectivity index (χ4v) is 3.63. The molecule has 3 aromatic rings. The van der Waals surface area contributed by atoms with Crippen molar-refractivity contribution < 1.29 is 17.6 Å². The molecule has 1 nitrogen and oxygen atoms in total. The van der Waals surface area contributed by atoms with E-state index in [1.165, 1.54) is 30.3 Å². The Bertz CT molecular complexity index is 1090. The smallest absolute Gasteiger partial charge is 0.141 e. The van der Waals surface area contributed by atoms with Gasteiger partial charge in [0.05, 0.1) is 5.56 Å². The Labute approximate surface area is 180 Å². The van der Waals surface area contributed by atoms with Crippen LogP contribution in [-0.2, 0) is 32.1 Å². The van der Waals surface area contributed by atoms with Crippen LogP contribution in [0.25, 0.3) is 0 Å². The third kappa shape index (κ3) is 5.73. The monoisotopic (exact) mass is 425 g/mol. The van der Waals surface area contributed by atoms with E-state index < -0.39 is 23.3 Å². The van der Waals surface area contributed by atoms with Crippen LogP contribution in [0, 0.1) is 34.6 Å². The zero-order valence-electron chi connectivity index (χ0n) is 17.3. The van der Waals surface area contributed by atoms with Crippen molar-refractivity contribution >= 4 is 0 Å². The number of benzene rings is 3. The molecule has 0 aliphatic rings. The second-order valence-electron chi connectivity index (χ2n) is 7.64. The van der Waals surface area contributed by atoms with Gasteiger partial charge in [0.25, 0.3) is 0 Å². The third-order valence-electron chi connectivity index (χ3n) is 5.36. The highest BCUT2D eigenvalue weighted by atomic mass is 19.1. The normalized spacial score (nSPS) is 10.8. The SMILES string of the molecule is CCCc1cc(F)c(CCc2ccc(CCc3ccc(C#N)c(F)c3)c(F)c2)c(F)c1. The fourth-order valence-electron chi connectivity index (χ4n) is 3.63. The third-order valence-corrected chi connectivity index (χ3v) is 5.36. The van der Waals surface area contributed by atoms with Gasteiger partial charge in [0.1, 0.15) is 29.3 Å². The maximum atomic E-state index is 14.5. The summed E-state index contributed by atoms with van der Waals surface area (Å²) in [6, 6.07) is 13.7. The first-order valence-electron chi connectivity index (χ1n) is 10.3. The summed E-state index contributed by atoms with van der Waals surface area (Å²) in [5.41, 5.74) is 2.45. The first-order valence-corrected chi connectivity index (χ1v) is 10.3. The van der Waals surface area contributed by atoms with Crippen LogP contribution in [0.3, 0.4) is 0 Å². The minimum atomic E-state index is -0.585. The Hall–Kier alpha value is -3.13. The standard InChI is InChI=1S/C26H23F4N/c1-2-3-19-14-25(29)22(26(30)15-19)11-7-18-5-9-20(23(27)12-18)8-4-17-6-10-21(16-31)24(28)13-17/h5-6,9-10,12-15H,2-4,7-8,11H2,1H3. The maximum Gasteiger partial charge on any atom is 0.141 e. The van der Waals surface area contributed by atoms with Crippen LogP contribution in [0.15, 0.2) is 48.5 Å². The van der Waals surface area contributed by atoms with E-state index in [-0.39, 0.29) is 17.5 Å². The highest BCUT2D eigenvalue weighted by Gasteiger charge is 2.12. The van der Waals surface area contributed by atoms with Crippen molar-refractivity contribution in [2.24, 2.45) is 0 Å². The molecule has 0 bridgehead atoms. The molecule has 31 heavy (non-hydrogen) atoms. The van der Waals surface area contributed by atoms with E-state index >= 15 is 0 Å². The van der Waals surface area contributed by atoms with Crippen molar-refractivity contribution in [3.8, 4) is 6.07 Å². The average molecular weight is 425 g/mol. The lowest BCUT2D eigenvalue weighted by Crippen LogP contribution is -2.02. The molecule has 3 aromatic carbocycles. The van der Waals surface area contributed by atoms with Gasteiger partial charge in [-0.05, 0) is 84.7 Å². The Morgan fingerprint density at radius 1 is 0.645 bits per heavy atom. The van der Waals surface area contributed by atoms with Crippen LogP contribution >= 0.6 is 0 Å². The Balaban J connectivity index is 1.63. The second kappa shape index (κ2) is 10.3. The molecular formula is C26H23F4N. The molecule has 0 aliphatic carbocycles. The van der Waals surface area contributed by atoms with Gasteiger partial charge in [-0.15, -0.1) is 0 Å². The van der Waals surface area contributed by atoms with E-state index in [1.54, 1.807) is 24.3 Å². The fraction of sp³-hybridized carbons (Fsp3) is 0.269. The molecule has 0 aromatic heterocycles. The minimum Gasteiger partial charge on any atom is -0.207 e. The molecule has 0 atom stereocenters. The number of rotatable bonds is 8. The quantitative estimate of drug-likeness (QED) is 0.371. The van der Waals surface area contributed by atoms with Gasteiger partial charge in [-0.3, -0.25) is 0 Å². The predicted octanol–water partition coefficient (Wildman–Crippen LogP) is 6.64. The lowest BCUT2D eigenvalue weighted by Gasteiger charge is -2.10. The Kier molecular flexibility index (Phi) is 7.46. The van der Waals surface area contributed by atoms with Crippen molar-refractivity contribution in [1.82, 2.24) is 0 Å². The lowest BCUT2D eigenvalue weighted by atomic mass is 9.98. The van der Waals surface area contributed by atoms with Crippen LogP contribution < -0.4 is 0 Å². The number of halogens is 4. The van der Waals surface area contributed by atoms with Crippen molar-refractivity contribution in [3.05, 3.63) is 105 Å². The number of hydrogen-bond donors (Lipinski definition) is 0. The number of nitrogens with zero attached hydrogens (tertiary/aromatic N) is 1. The van der Waals surface area contributed by atoms with Gasteiger partial charge in [0.15, 0.2) is 0 Å². The molecule has 0 spiro atoms. The minimum absolute atomic E-state index is 0.0205. The summed E-state index contributed by atoms with van der Waals surface area (Å²) < 4.78 is 56.7. The van der Waals surface area contributed by atoms with Gasteiger partial charge in [-0.25, -0.2) is 17.6 Å². The molecule has 0 radical (unpaired) electrons. The molecule has 0 unspecified atom stereocenters. The maximum absolute atomic E-state index is 14.5. The molecule has 0 heterocycles. The highest BCUT2D eigenvalue weighted by molar-refractivity contribution is 5.34. The van der Waals surface area contributed by atoms with Crippen LogP contribution in [0.5, 0.6) is 0 Å². The molecule has 160 valence electrons. The summed E-state index contributed by atoms with van der Waals surface area (Å²) in [5, 5.41) is 8.78. The summed E-state index contributed by atoms with van der Waals surface area (Å²) in [7, 11) is 0. The van der Waals surface area contributed by atoms with Gasteiger partial charge in [0, 0.05) is 5.56 Å². The van der Waals surface area contributed by atoms with E-state index in [4.69, 9.17) is 5.26 Å². The molecule has 0 N–H and O–H groups in total. The largest absolute Gasteiger partial charge is 0.207 e. The summed E-state index contributed by atoms with van der Waals surface area (Å²) in [4.78, 5) is 0. The van der Waals surface area contributed by atoms with Crippen molar-refractivity contribution in [3.63, 3.8) is 0 Å².